The van der Waals surface area contributed by atoms with Gasteiger partial charge in [-0.05, 0) is 5.56 Å². The molecule has 0 bridgehead atoms. The van der Waals surface area contributed by atoms with Crippen molar-refractivity contribution >= 4 is 19.3 Å². The van der Waals surface area contributed by atoms with Crippen LogP contribution in [0.25, 0.3) is 0 Å². The molecule has 0 aromatic heterocycles. The van der Waals surface area contributed by atoms with Crippen LogP contribution in [-0.2, 0) is 11.2 Å². The van der Waals surface area contributed by atoms with E-state index in [9.17, 15) is 4.79 Å². The average Bonchev–Trinajstić information content (AvgIpc) is 1.93. The molecule has 0 saturated heterocycles. The summed E-state index contributed by atoms with van der Waals surface area (Å²) in [7, 11) is 1.98. The van der Waals surface area contributed by atoms with Gasteiger partial charge in [-0.2, -0.15) is 0 Å². The molecule has 1 aromatic carbocycles. The van der Waals surface area contributed by atoms with Crippen molar-refractivity contribution < 1.29 is 9.90 Å². The van der Waals surface area contributed by atoms with Crippen molar-refractivity contribution in [1.82, 2.24) is 0 Å². The second-order valence-corrected chi connectivity index (χ2v) is 2.56. The van der Waals surface area contributed by atoms with Gasteiger partial charge in [0.2, 0.25) is 0 Å². The highest BCUT2D eigenvalue weighted by Gasteiger charge is 1.97. The topological polar surface area (TPSA) is 37.3 Å². The fourth-order valence-electron chi connectivity index (χ4n) is 0.881. The number of rotatable bonds is 2. The van der Waals surface area contributed by atoms with E-state index in [1.165, 1.54) is 0 Å². The molecule has 0 spiro atoms. The molecule has 1 aromatic rings. The van der Waals surface area contributed by atoms with Gasteiger partial charge in [-0.25, -0.2) is 0 Å². The average molecular weight is 148 g/mol. The van der Waals surface area contributed by atoms with Gasteiger partial charge in [-0.3, -0.25) is 4.79 Å². The first-order chi connectivity index (χ1) is 5.18. The highest BCUT2D eigenvalue weighted by Crippen LogP contribution is 1.96. The van der Waals surface area contributed by atoms with E-state index in [-0.39, 0.29) is 6.42 Å². The first-order valence-electron chi connectivity index (χ1n) is 3.46. The first kappa shape index (κ1) is 7.86. The van der Waals surface area contributed by atoms with Gasteiger partial charge < -0.3 is 5.11 Å². The molecule has 0 saturated carbocycles. The summed E-state index contributed by atoms with van der Waals surface area (Å²) in [5.74, 6) is -0.783. The molecule has 1 rings (SSSR count). The van der Waals surface area contributed by atoms with Crippen molar-refractivity contribution in [2.24, 2.45) is 0 Å². The van der Waals surface area contributed by atoms with Crippen LogP contribution in [0.15, 0.2) is 24.3 Å². The minimum atomic E-state index is -0.783. The van der Waals surface area contributed by atoms with Crippen molar-refractivity contribution in [2.75, 3.05) is 0 Å². The largest absolute Gasteiger partial charge is 0.481 e. The van der Waals surface area contributed by atoms with E-state index >= 15 is 0 Å². The standard InChI is InChI=1S/C8H9BO2/c9-7-3-1-6(2-4-7)5-8(10)11/h1-4H,5,9H2,(H,10,11). The lowest BCUT2D eigenvalue weighted by Gasteiger charge is -1.96. The van der Waals surface area contributed by atoms with Gasteiger partial charge in [-0.15, -0.1) is 0 Å². The van der Waals surface area contributed by atoms with E-state index in [1.54, 1.807) is 0 Å². The molecule has 0 fully saturated rings. The Morgan fingerprint density at radius 3 is 2.36 bits per heavy atom. The summed E-state index contributed by atoms with van der Waals surface area (Å²) in [5, 5.41) is 8.44. The zero-order valence-electron chi connectivity index (χ0n) is 6.37. The Kier molecular flexibility index (Phi) is 2.31. The summed E-state index contributed by atoms with van der Waals surface area (Å²) in [6.07, 6.45) is 0.111. The maximum Gasteiger partial charge on any atom is 0.307 e. The number of carboxylic acid groups (broad SMARTS) is 1. The zero-order valence-corrected chi connectivity index (χ0v) is 6.37. The summed E-state index contributed by atoms with van der Waals surface area (Å²) in [6, 6.07) is 7.50. The number of benzene rings is 1. The van der Waals surface area contributed by atoms with Gasteiger partial charge in [-0.1, -0.05) is 29.7 Å². The minimum Gasteiger partial charge on any atom is -0.481 e. The Balaban J connectivity index is 2.74. The van der Waals surface area contributed by atoms with Gasteiger partial charge in [0.25, 0.3) is 0 Å². The quantitative estimate of drug-likeness (QED) is 0.578. The monoisotopic (exact) mass is 148 g/mol. The lowest BCUT2D eigenvalue weighted by atomic mass is 9.95. The fraction of sp³-hybridized carbons (Fsp3) is 0.125. The molecule has 0 unspecified atom stereocenters. The Labute approximate surface area is 66.3 Å². The molecule has 11 heavy (non-hydrogen) atoms. The van der Waals surface area contributed by atoms with Crippen molar-refractivity contribution in [1.29, 1.82) is 0 Å². The van der Waals surface area contributed by atoms with Crippen LogP contribution in [0.3, 0.4) is 0 Å². The van der Waals surface area contributed by atoms with Gasteiger partial charge in [0, 0.05) is 0 Å². The van der Waals surface area contributed by atoms with Gasteiger partial charge in [0.05, 0.1) is 6.42 Å². The maximum absolute atomic E-state index is 10.3. The molecule has 0 heterocycles. The lowest BCUT2D eigenvalue weighted by molar-refractivity contribution is -0.136. The van der Waals surface area contributed by atoms with Crippen molar-refractivity contribution in [2.45, 2.75) is 6.42 Å². The number of carboxylic acids is 1. The molecule has 56 valence electrons. The molecule has 0 atom stereocenters. The number of carbonyl (C=O) groups is 1. The molecule has 2 nitrogen and oxygen atoms in total. The molecule has 0 aliphatic rings. The van der Waals surface area contributed by atoms with Crippen LogP contribution in [0.5, 0.6) is 0 Å². The maximum atomic E-state index is 10.3. The predicted molar refractivity (Wildman–Crippen MR) is 46.0 cm³/mol. The highest BCUT2D eigenvalue weighted by molar-refractivity contribution is 6.32. The summed E-state index contributed by atoms with van der Waals surface area (Å²) < 4.78 is 0. The summed E-state index contributed by atoms with van der Waals surface area (Å²) in [6.45, 7) is 0. The third kappa shape index (κ3) is 2.46. The third-order valence-corrected chi connectivity index (χ3v) is 1.48. The van der Waals surface area contributed by atoms with Crippen molar-refractivity contribution in [3.63, 3.8) is 0 Å². The van der Waals surface area contributed by atoms with E-state index in [0.717, 1.165) is 11.0 Å². The second-order valence-electron chi connectivity index (χ2n) is 2.56. The molecule has 3 heteroatoms. The van der Waals surface area contributed by atoms with Crippen molar-refractivity contribution in [3.05, 3.63) is 29.8 Å². The zero-order chi connectivity index (χ0) is 8.27. The first-order valence-corrected chi connectivity index (χ1v) is 3.46. The summed E-state index contributed by atoms with van der Waals surface area (Å²) in [5.41, 5.74) is 2.00. The van der Waals surface area contributed by atoms with Gasteiger partial charge in [0.15, 0.2) is 0 Å². The van der Waals surface area contributed by atoms with Crippen LogP contribution in [0.2, 0.25) is 0 Å². The fourth-order valence-corrected chi connectivity index (χ4v) is 0.881. The number of aliphatic carboxylic acids is 1. The Hall–Kier alpha value is -1.25. The van der Waals surface area contributed by atoms with E-state index in [1.807, 2.05) is 32.1 Å². The normalized spacial score (nSPS) is 9.45. The molecule has 0 aliphatic heterocycles. The third-order valence-electron chi connectivity index (χ3n) is 1.48. The molecule has 0 radical (unpaired) electrons. The molecular formula is C8H9BO2. The molecule has 1 N–H and O–H groups in total. The SMILES string of the molecule is Bc1ccc(CC(=O)O)cc1. The second kappa shape index (κ2) is 3.24. The Morgan fingerprint density at radius 1 is 1.36 bits per heavy atom. The van der Waals surface area contributed by atoms with Crippen LogP contribution in [0.4, 0.5) is 0 Å². The molecular weight excluding hydrogens is 139 g/mol. The highest BCUT2D eigenvalue weighted by atomic mass is 16.4. The van der Waals surface area contributed by atoms with Crippen LogP contribution >= 0.6 is 0 Å². The minimum absolute atomic E-state index is 0.111. The number of hydrogen-bond donors (Lipinski definition) is 1. The van der Waals surface area contributed by atoms with Crippen LogP contribution in [-0.4, -0.2) is 18.9 Å². The van der Waals surface area contributed by atoms with Crippen LogP contribution in [0.1, 0.15) is 5.56 Å². The Morgan fingerprint density at radius 2 is 1.91 bits per heavy atom. The van der Waals surface area contributed by atoms with Gasteiger partial charge >= 0.3 is 5.97 Å². The van der Waals surface area contributed by atoms with E-state index in [0.29, 0.717) is 0 Å². The smallest absolute Gasteiger partial charge is 0.307 e. The van der Waals surface area contributed by atoms with Crippen LogP contribution < -0.4 is 5.46 Å². The van der Waals surface area contributed by atoms with E-state index in [4.69, 9.17) is 5.11 Å². The van der Waals surface area contributed by atoms with E-state index < -0.39 is 5.97 Å². The van der Waals surface area contributed by atoms with Crippen molar-refractivity contribution in [3.8, 4) is 0 Å². The summed E-state index contributed by atoms with van der Waals surface area (Å²) >= 11 is 0. The molecule has 0 amide bonds. The van der Waals surface area contributed by atoms with Crippen LogP contribution in [0, 0.1) is 0 Å². The Bertz CT molecular complexity index is 253. The molecule has 0 aliphatic carbocycles. The predicted octanol–water partition coefficient (Wildman–Crippen LogP) is -0.428. The van der Waals surface area contributed by atoms with E-state index in [2.05, 4.69) is 0 Å². The summed E-state index contributed by atoms with van der Waals surface area (Å²) in [4.78, 5) is 10.3. The van der Waals surface area contributed by atoms with Gasteiger partial charge in [0.1, 0.15) is 7.85 Å². The lowest BCUT2D eigenvalue weighted by Crippen LogP contribution is -2.04. The number of hydrogen-bond acceptors (Lipinski definition) is 1.